The molecule has 0 heterocycles. The normalized spacial score (nSPS) is 12.2. The number of hydrogen-bond donors (Lipinski definition) is 2. The van der Waals surface area contributed by atoms with E-state index in [9.17, 15) is 13.6 Å². The van der Waals surface area contributed by atoms with Crippen molar-refractivity contribution in [3.8, 4) is 0 Å². The smallest absolute Gasteiger partial charge is 0.263 e. The van der Waals surface area contributed by atoms with Crippen LogP contribution in [-0.2, 0) is 4.79 Å². The summed E-state index contributed by atoms with van der Waals surface area (Å²) in [5.74, 6) is -0.679. The fraction of sp³-hybridized carbons (Fsp3) is 0.133. The molecule has 110 valence electrons. The van der Waals surface area contributed by atoms with Gasteiger partial charge in [0.05, 0.1) is 10.7 Å². The molecule has 21 heavy (non-hydrogen) atoms. The van der Waals surface area contributed by atoms with E-state index in [2.05, 4.69) is 5.32 Å². The summed E-state index contributed by atoms with van der Waals surface area (Å²) in [6.45, 7) is 0. The first-order chi connectivity index (χ1) is 9.99. The second-order valence-electron chi connectivity index (χ2n) is 4.43. The van der Waals surface area contributed by atoms with Gasteiger partial charge in [0.1, 0.15) is 6.04 Å². The van der Waals surface area contributed by atoms with E-state index in [-0.39, 0.29) is 5.56 Å². The van der Waals surface area contributed by atoms with Crippen molar-refractivity contribution in [2.75, 3.05) is 5.32 Å². The van der Waals surface area contributed by atoms with Gasteiger partial charge >= 0.3 is 0 Å². The quantitative estimate of drug-likeness (QED) is 0.879. The van der Waals surface area contributed by atoms with E-state index in [1.165, 1.54) is 18.2 Å². The van der Waals surface area contributed by atoms with Gasteiger partial charge in [-0.1, -0.05) is 41.9 Å². The van der Waals surface area contributed by atoms with Crippen LogP contribution in [-0.4, -0.2) is 5.91 Å². The summed E-state index contributed by atoms with van der Waals surface area (Å²) in [7, 11) is 0. The molecule has 0 saturated heterocycles. The molecular weight excluding hydrogens is 298 g/mol. The van der Waals surface area contributed by atoms with Crippen molar-refractivity contribution in [3.05, 3.63) is 64.7 Å². The van der Waals surface area contributed by atoms with Gasteiger partial charge in [-0.25, -0.2) is 8.78 Å². The fourth-order valence-electron chi connectivity index (χ4n) is 1.93. The second kappa shape index (κ2) is 6.54. The van der Waals surface area contributed by atoms with Gasteiger partial charge in [-0.3, -0.25) is 4.79 Å². The number of nitrogens with one attached hydrogen (secondary N) is 1. The zero-order valence-electron chi connectivity index (χ0n) is 10.9. The molecule has 2 aromatic carbocycles. The van der Waals surface area contributed by atoms with Crippen molar-refractivity contribution in [1.29, 1.82) is 0 Å². The number of benzene rings is 2. The number of anilines is 1. The van der Waals surface area contributed by atoms with Gasteiger partial charge in [0.2, 0.25) is 5.91 Å². The Balaban J connectivity index is 2.34. The van der Waals surface area contributed by atoms with Crippen molar-refractivity contribution in [2.45, 2.75) is 12.5 Å². The molecule has 0 fully saturated rings. The number of hydrogen-bond acceptors (Lipinski definition) is 2. The number of para-hydroxylation sites is 1. The number of primary amides is 1. The summed E-state index contributed by atoms with van der Waals surface area (Å²) in [6.07, 6.45) is -2.61. The number of halogens is 3. The summed E-state index contributed by atoms with van der Waals surface area (Å²) < 4.78 is 25.5. The molecule has 0 aliphatic rings. The molecule has 1 unspecified atom stereocenters. The van der Waals surface area contributed by atoms with Gasteiger partial charge in [-0.2, -0.15) is 0 Å². The van der Waals surface area contributed by atoms with Crippen molar-refractivity contribution < 1.29 is 13.6 Å². The monoisotopic (exact) mass is 310 g/mol. The van der Waals surface area contributed by atoms with Gasteiger partial charge in [0.15, 0.2) is 0 Å². The maximum atomic E-state index is 12.7. The van der Waals surface area contributed by atoms with Crippen molar-refractivity contribution >= 4 is 23.2 Å². The average molecular weight is 311 g/mol. The van der Waals surface area contributed by atoms with Crippen LogP contribution < -0.4 is 11.1 Å². The molecule has 0 radical (unpaired) electrons. The molecule has 0 aromatic heterocycles. The number of carbonyl (C=O) groups excluding carboxylic acids is 1. The Hall–Kier alpha value is -2.14. The van der Waals surface area contributed by atoms with Crippen LogP contribution in [0.1, 0.15) is 23.6 Å². The van der Waals surface area contributed by atoms with Crippen LogP contribution >= 0.6 is 11.6 Å². The minimum absolute atomic E-state index is 0.167. The fourth-order valence-corrected chi connectivity index (χ4v) is 2.12. The van der Waals surface area contributed by atoms with E-state index in [0.717, 1.165) is 0 Å². The van der Waals surface area contributed by atoms with Gasteiger partial charge < -0.3 is 11.1 Å². The van der Waals surface area contributed by atoms with Crippen molar-refractivity contribution in [1.82, 2.24) is 0 Å². The lowest BCUT2D eigenvalue weighted by atomic mass is 10.0. The maximum Gasteiger partial charge on any atom is 0.263 e. The number of rotatable bonds is 5. The van der Waals surface area contributed by atoms with E-state index in [1.54, 1.807) is 30.3 Å². The molecule has 3 N–H and O–H groups in total. The topological polar surface area (TPSA) is 55.1 Å². The molecule has 0 bridgehead atoms. The highest BCUT2D eigenvalue weighted by atomic mass is 35.5. The predicted molar refractivity (Wildman–Crippen MR) is 78.4 cm³/mol. The molecule has 6 heteroatoms. The molecule has 0 aliphatic heterocycles. The SMILES string of the molecule is NC(=O)C(Nc1ccccc1Cl)c1cccc(C(F)F)c1. The first-order valence-corrected chi connectivity index (χ1v) is 6.55. The molecular formula is C15H13ClF2N2O. The summed E-state index contributed by atoms with van der Waals surface area (Å²) in [5, 5.41) is 3.29. The molecule has 0 saturated carbocycles. The maximum absolute atomic E-state index is 12.7. The Morgan fingerprint density at radius 1 is 1.10 bits per heavy atom. The average Bonchev–Trinajstić information content (AvgIpc) is 2.46. The summed E-state index contributed by atoms with van der Waals surface area (Å²) in [4.78, 5) is 11.6. The first-order valence-electron chi connectivity index (χ1n) is 6.17. The Labute approximate surface area is 125 Å². The molecule has 2 rings (SSSR count). The van der Waals surface area contributed by atoms with E-state index in [1.807, 2.05) is 0 Å². The van der Waals surface area contributed by atoms with Crippen LogP contribution in [0.25, 0.3) is 0 Å². The molecule has 2 aromatic rings. The van der Waals surface area contributed by atoms with Gasteiger partial charge in [-0.15, -0.1) is 0 Å². The van der Waals surface area contributed by atoms with E-state index >= 15 is 0 Å². The van der Waals surface area contributed by atoms with Crippen LogP contribution in [0.5, 0.6) is 0 Å². The molecule has 1 amide bonds. The van der Waals surface area contributed by atoms with E-state index in [0.29, 0.717) is 16.3 Å². The van der Waals surface area contributed by atoms with Gasteiger partial charge in [0.25, 0.3) is 6.43 Å². The Bertz CT molecular complexity index is 649. The van der Waals surface area contributed by atoms with E-state index < -0.39 is 18.4 Å². The van der Waals surface area contributed by atoms with E-state index in [4.69, 9.17) is 17.3 Å². The molecule has 1 atom stereocenters. The standard InChI is InChI=1S/C15H13ClF2N2O/c16-11-6-1-2-7-12(11)20-13(15(19)21)9-4-3-5-10(8-9)14(17)18/h1-8,13-14,20H,(H2,19,21). The first kappa shape index (κ1) is 15.3. The highest BCUT2D eigenvalue weighted by Gasteiger charge is 2.20. The zero-order chi connectivity index (χ0) is 15.4. The Kier molecular flexibility index (Phi) is 4.75. The minimum atomic E-state index is -2.61. The second-order valence-corrected chi connectivity index (χ2v) is 4.84. The Morgan fingerprint density at radius 2 is 1.76 bits per heavy atom. The molecule has 3 nitrogen and oxygen atoms in total. The van der Waals surface area contributed by atoms with Crippen LogP contribution in [0.15, 0.2) is 48.5 Å². The van der Waals surface area contributed by atoms with Gasteiger partial charge in [0, 0.05) is 5.56 Å². The summed E-state index contributed by atoms with van der Waals surface area (Å²) in [5.41, 5.74) is 6.06. The zero-order valence-corrected chi connectivity index (χ0v) is 11.6. The van der Waals surface area contributed by atoms with Crippen molar-refractivity contribution in [3.63, 3.8) is 0 Å². The number of alkyl halides is 2. The third-order valence-corrected chi connectivity index (χ3v) is 3.28. The third-order valence-electron chi connectivity index (χ3n) is 2.95. The number of carbonyl (C=O) groups is 1. The van der Waals surface area contributed by atoms with Crippen LogP contribution in [0.4, 0.5) is 14.5 Å². The highest BCUT2D eigenvalue weighted by Crippen LogP contribution is 2.28. The molecule has 0 aliphatic carbocycles. The van der Waals surface area contributed by atoms with Crippen LogP contribution in [0.3, 0.4) is 0 Å². The lowest BCUT2D eigenvalue weighted by molar-refractivity contribution is -0.118. The third kappa shape index (κ3) is 3.70. The van der Waals surface area contributed by atoms with Crippen molar-refractivity contribution in [2.24, 2.45) is 5.73 Å². The summed E-state index contributed by atoms with van der Waals surface area (Å²) >= 11 is 6.01. The lowest BCUT2D eigenvalue weighted by Crippen LogP contribution is -2.27. The van der Waals surface area contributed by atoms with Crippen LogP contribution in [0, 0.1) is 0 Å². The number of nitrogens with two attached hydrogens (primary N) is 1. The van der Waals surface area contributed by atoms with Crippen LogP contribution in [0.2, 0.25) is 5.02 Å². The highest BCUT2D eigenvalue weighted by molar-refractivity contribution is 6.33. The largest absolute Gasteiger partial charge is 0.369 e. The van der Waals surface area contributed by atoms with Gasteiger partial charge in [-0.05, 0) is 23.8 Å². The number of amides is 1. The lowest BCUT2D eigenvalue weighted by Gasteiger charge is -2.18. The minimum Gasteiger partial charge on any atom is -0.369 e. The Morgan fingerprint density at radius 3 is 2.38 bits per heavy atom. The molecule has 0 spiro atoms. The predicted octanol–water partition coefficient (Wildman–Crippen LogP) is 3.92. The summed E-state index contributed by atoms with van der Waals surface area (Å²) in [6, 6.07) is 11.4.